The van der Waals surface area contributed by atoms with Crippen LogP contribution in [-0.4, -0.2) is 18.4 Å². The van der Waals surface area contributed by atoms with Crippen molar-refractivity contribution in [3.8, 4) is 5.75 Å². The lowest BCUT2D eigenvalue weighted by atomic mass is 10.1. The Morgan fingerprint density at radius 3 is 2.61 bits per heavy atom. The normalized spacial score (nSPS) is 12.9. The van der Waals surface area contributed by atoms with E-state index in [4.69, 9.17) is 20.8 Å². The zero-order chi connectivity index (χ0) is 22.9. The van der Waals surface area contributed by atoms with Gasteiger partial charge in [-0.25, -0.2) is 4.79 Å². The van der Waals surface area contributed by atoms with Crippen molar-refractivity contribution in [2.45, 2.75) is 6.54 Å². The molecule has 0 saturated carbocycles. The standard InChI is InChI=1S/C25H17ClN2O5/c26-17-7-5-15(6-8-17)13-28-20-12-18(9-10-22(20)32-14-23(28)29)27-24(30)19-11-16-3-1-2-4-21(16)33-25(19)31/h1-12H,13-14H2,(H,27,30). The Hall–Kier alpha value is -4.10. The first-order valence-corrected chi connectivity index (χ1v) is 10.5. The molecule has 5 rings (SSSR count). The Morgan fingerprint density at radius 2 is 1.79 bits per heavy atom. The van der Waals surface area contributed by atoms with Crippen molar-refractivity contribution in [1.82, 2.24) is 0 Å². The number of nitrogens with zero attached hydrogens (tertiary/aromatic N) is 1. The minimum absolute atomic E-state index is 0.0789. The highest BCUT2D eigenvalue weighted by molar-refractivity contribution is 6.30. The lowest BCUT2D eigenvalue weighted by Crippen LogP contribution is -2.38. The first-order valence-electron chi connectivity index (χ1n) is 10.1. The van der Waals surface area contributed by atoms with Gasteiger partial charge >= 0.3 is 5.63 Å². The van der Waals surface area contributed by atoms with Crippen molar-refractivity contribution < 1.29 is 18.7 Å². The molecule has 1 aliphatic heterocycles. The molecule has 2 amide bonds. The summed E-state index contributed by atoms with van der Waals surface area (Å²) >= 11 is 5.96. The Bertz CT molecular complexity index is 1450. The van der Waals surface area contributed by atoms with Crippen LogP contribution in [0, 0.1) is 0 Å². The minimum Gasteiger partial charge on any atom is -0.482 e. The van der Waals surface area contributed by atoms with Gasteiger partial charge in [0.25, 0.3) is 11.8 Å². The number of para-hydroxylation sites is 1. The fourth-order valence-corrected chi connectivity index (χ4v) is 3.77. The zero-order valence-corrected chi connectivity index (χ0v) is 18.0. The topological polar surface area (TPSA) is 88.8 Å². The van der Waals surface area contributed by atoms with Gasteiger partial charge in [0, 0.05) is 16.1 Å². The van der Waals surface area contributed by atoms with E-state index in [2.05, 4.69) is 5.32 Å². The van der Waals surface area contributed by atoms with Crippen LogP contribution in [0.4, 0.5) is 11.4 Å². The third kappa shape index (κ3) is 4.18. The summed E-state index contributed by atoms with van der Waals surface area (Å²) < 4.78 is 10.8. The van der Waals surface area contributed by atoms with Crippen LogP contribution < -0.4 is 20.6 Å². The highest BCUT2D eigenvalue weighted by atomic mass is 35.5. The van der Waals surface area contributed by atoms with Crippen molar-refractivity contribution >= 4 is 45.8 Å². The van der Waals surface area contributed by atoms with Crippen LogP contribution in [0.25, 0.3) is 11.0 Å². The van der Waals surface area contributed by atoms with Gasteiger partial charge in [-0.1, -0.05) is 41.9 Å². The number of halogens is 1. The lowest BCUT2D eigenvalue weighted by molar-refractivity contribution is -0.121. The molecule has 1 aromatic heterocycles. The van der Waals surface area contributed by atoms with Crippen molar-refractivity contribution in [3.05, 3.63) is 99.4 Å². The molecule has 4 aromatic rings. The summed E-state index contributed by atoms with van der Waals surface area (Å²) in [7, 11) is 0. The van der Waals surface area contributed by atoms with E-state index >= 15 is 0 Å². The number of ether oxygens (including phenoxy) is 1. The van der Waals surface area contributed by atoms with Crippen LogP contribution in [0.5, 0.6) is 5.75 Å². The molecule has 0 spiro atoms. The number of amides is 2. The molecule has 0 aliphatic carbocycles. The molecule has 1 N–H and O–H groups in total. The van der Waals surface area contributed by atoms with E-state index in [1.54, 1.807) is 59.5 Å². The van der Waals surface area contributed by atoms with E-state index in [1.807, 2.05) is 12.1 Å². The molecule has 0 fully saturated rings. The molecule has 0 unspecified atom stereocenters. The number of anilines is 2. The predicted octanol–water partition coefficient (Wildman–Crippen LogP) is 4.62. The quantitative estimate of drug-likeness (QED) is 0.449. The number of fused-ring (bicyclic) bond motifs is 2. The molecule has 0 atom stereocenters. The van der Waals surface area contributed by atoms with Crippen molar-refractivity contribution in [3.63, 3.8) is 0 Å². The maximum atomic E-state index is 12.8. The monoisotopic (exact) mass is 460 g/mol. The number of rotatable bonds is 4. The van der Waals surface area contributed by atoms with Crippen LogP contribution >= 0.6 is 11.6 Å². The van der Waals surface area contributed by atoms with E-state index in [1.165, 1.54) is 6.07 Å². The SMILES string of the molecule is O=C(Nc1ccc2c(c1)N(Cc1ccc(Cl)cc1)C(=O)CO2)c1cc2ccccc2oc1=O. The molecule has 8 heteroatoms. The molecule has 0 saturated heterocycles. The zero-order valence-electron chi connectivity index (χ0n) is 17.2. The molecule has 7 nitrogen and oxygen atoms in total. The van der Waals surface area contributed by atoms with Gasteiger partial charge in [0.2, 0.25) is 0 Å². The third-order valence-electron chi connectivity index (χ3n) is 5.30. The Morgan fingerprint density at radius 1 is 1.00 bits per heavy atom. The fraction of sp³-hybridized carbons (Fsp3) is 0.0800. The number of carbonyl (C=O) groups is 2. The van der Waals surface area contributed by atoms with E-state index in [9.17, 15) is 14.4 Å². The average Bonchev–Trinajstić information content (AvgIpc) is 2.81. The van der Waals surface area contributed by atoms with Crippen LogP contribution in [-0.2, 0) is 11.3 Å². The fourth-order valence-electron chi connectivity index (χ4n) is 3.64. The molecule has 0 bridgehead atoms. The van der Waals surface area contributed by atoms with Gasteiger partial charge in [-0.2, -0.15) is 0 Å². The Kier molecular flexibility index (Phi) is 5.32. The molecular formula is C25H17ClN2O5. The van der Waals surface area contributed by atoms with E-state index in [0.717, 1.165) is 5.56 Å². The highest BCUT2D eigenvalue weighted by Crippen LogP contribution is 2.35. The van der Waals surface area contributed by atoms with Gasteiger partial charge in [0.15, 0.2) is 6.61 Å². The lowest BCUT2D eigenvalue weighted by Gasteiger charge is -2.30. The second-order valence-corrected chi connectivity index (χ2v) is 7.95. The minimum atomic E-state index is -0.730. The summed E-state index contributed by atoms with van der Waals surface area (Å²) in [4.78, 5) is 39.3. The van der Waals surface area contributed by atoms with Gasteiger partial charge in [0.05, 0.1) is 12.2 Å². The second kappa shape index (κ2) is 8.44. The Balaban J connectivity index is 1.44. The maximum absolute atomic E-state index is 12.8. The summed E-state index contributed by atoms with van der Waals surface area (Å²) in [6.07, 6.45) is 0. The number of hydrogen-bond acceptors (Lipinski definition) is 5. The Labute approximate surface area is 193 Å². The molecule has 0 radical (unpaired) electrons. The number of benzene rings is 3. The van der Waals surface area contributed by atoms with Gasteiger partial charge < -0.3 is 19.4 Å². The van der Waals surface area contributed by atoms with Crippen molar-refractivity contribution in [2.24, 2.45) is 0 Å². The number of nitrogens with one attached hydrogen (secondary N) is 1. The van der Waals surface area contributed by atoms with Gasteiger partial charge in [-0.15, -0.1) is 0 Å². The van der Waals surface area contributed by atoms with Gasteiger partial charge in [-0.05, 0) is 48.0 Å². The van der Waals surface area contributed by atoms with Crippen LogP contribution in [0.2, 0.25) is 5.02 Å². The summed E-state index contributed by atoms with van der Waals surface area (Å²) in [5.74, 6) is -0.301. The van der Waals surface area contributed by atoms with Crippen molar-refractivity contribution in [1.29, 1.82) is 0 Å². The second-order valence-electron chi connectivity index (χ2n) is 7.52. The van der Waals surface area contributed by atoms with Gasteiger partial charge in [-0.3, -0.25) is 9.59 Å². The number of hydrogen-bond donors (Lipinski definition) is 1. The molecule has 2 heterocycles. The number of carbonyl (C=O) groups excluding carboxylic acids is 2. The first kappa shape index (κ1) is 20.8. The largest absolute Gasteiger partial charge is 0.482 e. The van der Waals surface area contributed by atoms with Gasteiger partial charge in [0.1, 0.15) is 16.9 Å². The molecule has 3 aromatic carbocycles. The third-order valence-corrected chi connectivity index (χ3v) is 5.55. The first-order chi connectivity index (χ1) is 16.0. The van der Waals surface area contributed by atoms with Crippen LogP contribution in [0.1, 0.15) is 15.9 Å². The van der Waals surface area contributed by atoms with E-state index < -0.39 is 11.5 Å². The predicted molar refractivity (Wildman–Crippen MR) is 125 cm³/mol. The van der Waals surface area contributed by atoms with Crippen molar-refractivity contribution in [2.75, 3.05) is 16.8 Å². The smallest absolute Gasteiger partial charge is 0.349 e. The summed E-state index contributed by atoms with van der Waals surface area (Å²) in [6.45, 7) is 0.239. The molecule has 33 heavy (non-hydrogen) atoms. The summed E-state index contributed by atoms with van der Waals surface area (Å²) in [6, 6.07) is 20.6. The van der Waals surface area contributed by atoms with E-state index in [0.29, 0.717) is 39.7 Å². The average molecular weight is 461 g/mol. The molecule has 164 valence electrons. The molecule has 1 aliphatic rings. The summed E-state index contributed by atoms with van der Waals surface area (Å²) in [5.41, 5.74) is 1.38. The van der Waals surface area contributed by atoms with Crippen LogP contribution in [0.3, 0.4) is 0 Å². The van der Waals surface area contributed by atoms with Crippen LogP contribution in [0.15, 0.2) is 82.0 Å². The highest BCUT2D eigenvalue weighted by Gasteiger charge is 2.26. The maximum Gasteiger partial charge on any atom is 0.349 e. The molecular weight excluding hydrogens is 444 g/mol. The summed E-state index contributed by atoms with van der Waals surface area (Å²) in [5, 5.41) is 3.96. The van der Waals surface area contributed by atoms with E-state index in [-0.39, 0.29) is 18.1 Å².